The summed E-state index contributed by atoms with van der Waals surface area (Å²) in [5.41, 5.74) is -0.111. The van der Waals surface area contributed by atoms with E-state index in [1.54, 1.807) is 19.1 Å². The fourth-order valence-electron chi connectivity index (χ4n) is 3.52. The fraction of sp³-hybridized carbons (Fsp3) is 0.381. The molecular formula is C21H23F3N2O4S. The monoisotopic (exact) mass is 456 g/mol. The van der Waals surface area contributed by atoms with Gasteiger partial charge in [-0.2, -0.15) is 17.5 Å². The molecule has 2 aromatic rings. The first kappa shape index (κ1) is 23.1. The molecule has 1 atom stereocenters. The number of carbonyl (C=O) groups is 1. The molecule has 6 nitrogen and oxygen atoms in total. The molecule has 3 rings (SSSR count). The smallest absolute Gasteiger partial charge is 0.416 e. The van der Waals surface area contributed by atoms with Gasteiger partial charge in [-0.3, -0.25) is 4.79 Å². The molecule has 1 amide bonds. The number of alkyl halides is 3. The van der Waals surface area contributed by atoms with Crippen molar-refractivity contribution in [2.45, 2.75) is 30.8 Å². The summed E-state index contributed by atoms with van der Waals surface area (Å²) in [6.45, 7) is 1.94. The zero-order valence-electron chi connectivity index (χ0n) is 17.1. The minimum Gasteiger partial charge on any atom is -0.495 e. The topological polar surface area (TPSA) is 75.7 Å². The summed E-state index contributed by atoms with van der Waals surface area (Å²) < 4.78 is 71.5. The zero-order chi connectivity index (χ0) is 22.8. The molecular weight excluding hydrogens is 433 g/mol. The number of hydrogen-bond donors (Lipinski definition) is 1. The minimum absolute atomic E-state index is 0.0140. The van der Waals surface area contributed by atoms with Crippen LogP contribution in [-0.2, 0) is 21.0 Å². The summed E-state index contributed by atoms with van der Waals surface area (Å²) in [5, 5.41) is 2.48. The molecule has 1 saturated heterocycles. The van der Waals surface area contributed by atoms with Crippen molar-refractivity contribution >= 4 is 21.6 Å². The Labute approximate surface area is 179 Å². The molecule has 2 aromatic carbocycles. The second kappa shape index (κ2) is 8.88. The number of nitrogens with one attached hydrogen (secondary N) is 1. The van der Waals surface area contributed by atoms with E-state index in [-0.39, 0.29) is 29.4 Å². The molecule has 31 heavy (non-hydrogen) atoms. The van der Waals surface area contributed by atoms with Crippen LogP contribution in [0.1, 0.15) is 24.0 Å². The van der Waals surface area contributed by atoms with Crippen molar-refractivity contribution in [3.63, 3.8) is 0 Å². The van der Waals surface area contributed by atoms with Crippen molar-refractivity contribution in [2.75, 3.05) is 25.5 Å². The molecule has 0 aliphatic carbocycles. The van der Waals surface area contributed by atoms with Gasteiger partial charge < -0.3 is 10.1 Å². The van der Waals surface area contributed by atoms with Gasteiger partial charge in [0.15, 0.2) is 0 Å². The molecule has 1 heterocycles. The predicted octanol–water partition coefficient (Wildman–Crippen LogP) is 4.06. The Bertz CT molecular complexity index is 1070. The van der Waals surface area contributed by atoms with Crippen molar-refractivity contribution in [1.29, 1.82) is 0 Å². The van der Waals surface area contributed by atoms with E-state index in [9.17, 15) is 26.4 Å². The lowest BCUT2D eigenvalue weighted by Gasteiger charge is -2.31. The van der Waals surface area contributed by atoms with Gasteiger partial charge in [0.25, 0.3) is 0 Å². The quantitative estimate of drug-likeness (QED) is 0.736. The first-order valence-electron chi connectivity index (χ1n) is 9.65. The van der Waals surface area contributed by atoms with Gasteiger partial charge in [0.1, 0.15) is 10.6 Å². The standard InChI is InChI=1S/C21H23F3N2O4S/c1-14-8-9-18(30-2)19(11-14)31(28,29)26-10-4-5-15(13-26)20(27)25-17-7-3-6-16(12-17)21(22,23)24/h3,6-9,11-12,15H,4-5,10,13H2,1-2H3,(H,25,27)/t15-/m1/s1. The van der Waals surface area contributed by atoms with Gasteiger partial charge in [-0.1, -0.05) is 12.1 Å². The lowest BCUT2D eigenvalue weighted by molar-refractivity contribution is -0.137. The highest BCUT2D eigenvalue weighted by atomic mass is 32.2. The van der Waals surface area contributed by atoms with Crippen LogP contribution in [0.2, 0.25) is 0 Å². The molecule has 0 spiro atoms. The SMILES string of the molecule is COc1ccc(C)cc1S(=O)(=O)N1CCC[C@@H](C(=O)Nc2cccc(C(F)(F)F)c2)C1. The molecule has 0 unspecified atom stereocenters. The van der Waals surface area contributed by atoms with Crippen molar-refractivity contribution < 1.29 is 31.1 Å². The molecule has 0 radical (unpaired) electrons. The molecule has 1 aliphatic heterocycles. The van der Waals surface area contributed by atoms with E-state index < -0.39 is 33.6 Å². The molecule has 1 aliphatic rings. The number of benzene rings is 2. The number of nitrogens with zero attached hydrogens (tertiary/aromatic N) is 1. The maximum atomic E-state index is 13.2. The number of amides is 1. The third kappa shape index (κ3) is 5.19. The maximum absolute atomic E-state index is 13.2. The zero-order valence-corrected chi connectivity index (χ0v) is 17.9. The van der Waals surface area contributed by atoms with Crippen LogP contribution in [0.25, 0.3) is 0 Å². The Morgan fingerprint density at radius 1 is 1.19 bits per heavy atom. The Morgan fingerprint density at radius 2 is 1.94 bits per heavy atom. The number of carbonyl (C=O) groups excluding carboxylic acids is 1. The van der Waals surface area contributed by atoms with E-state index in [0.717, 1.165) is 17.7 Å². The van der Waals surface area contributed by atoms with Gasteiger partial charge in [-0.05, 0) is 55.7 Å². The first-order valence-corrected chi connectivity index (χ1v) is 11.1. The second-order valence-electron chi connectivity index (χ2n) is 7.42. The molecule has 1 N–H and O–H groups in total. The second-order valence-corrected chi connectivity index (χ2v) is 9.33. The number of methoxy groups -OCH3 is 1. The molecule has 0 bridgehead atoms. The van der Waals surface area contributed by atoms with Crippen LogP contribution < -0.4 is 10.1 Å². The van der Waals surface area contributed by atoms with Gasteiger partial charge in [-0.15, -0.1) is 0 Å². The van der Waals surface area contributed by atoms with Crippen LogP contribution >= 0.6 is 0 Å². The average Bonchev–Trinajstić information content (AvgIpc) is 2.73. The van der Waals surface area contributed by atoms with Gasteiger partial charge in [0.05, 0.1) is 18.6 Å². The van der Waals surface area contributed by atoms with Crippen molar-refractivity contribution in [1.82, 2.24) is 4.31 Å². The van der Waals surface area contributed by atoms with Crippen molar-refractivity contribution in [2.24, 2.45) is 5.92 Å². The van der Waals surface area contributed by atoms with Crippen LogP contribution in [0.3, 0.4) is 0 Å². The maximum Gasteiger partial charge on any atom is 0.416 e. The van der Waals surface area contributed by atoms with E-state index in [0.29, 0.717) is 12.8 Å². The number of sulfonamides is 1. The van der Waals surface area contributed by atoms with Gasteiger partial charge in [0.2, 0.25) is 15.9 Å². The average molecular weight is 456 g/mol. The van der Waals surface area contributed by atoms with Crippen molar-refractivity contribution in [3.8, 4) is 5.75 Å². The molecule has 0 aromatic heterocycles. The third-order valence-electron chi connectivity index (χ3n) is 5.15. The Kier molecular flexibility index (Phi) is 6.61. The summed E-state index contributed by atoms with van der Waals surface area (Å²) in [4.78, 5) is 12.7. The largest absolute Gasteiger partial charge is 0.495 e. The lowest BCUT2D eigenvalue weighted by atomic mass is 9.98. The van der Waals surface area contributed by atoms with Gasteiger partial charge >= 0.3 is 6.18 Å². The van der Waals surface area contributed by atoms with Gasteiger partial charge in [-0.25, -0.2) is 8.42 Å². The Hall–Kier alpha value is -2.59. The van der Waals surface area contributed by atoms with E-state index in [4.69, 9.17) is 4.74 Å². The summed E-state index contributed by atoms with van der Waals surface area (Å²) in [6, 6.07) is 9.17. The van der Waals surface area contributed by atoms with Crippen LogP contribution in [0.4, 0.5) is 18.9 Å². The number of rotatable bonds is 5. The van der Waals surface area contributed by atoms with Crippen molar-refractivity contribution in [3.05, 3.63) is 53.6 Å². The summed E-state index contributed by atoms with van der Waals surface area (Å²) >= 11 is 0. The highest BCUT2D eigenvalue weighted by molar-refractivity contribution is 7.89. The fourth-order valence-corrected chi connectivity index (χ4v) is 5.28. The normalized spacial score (nSPS) is 17.9. The van der Waals surface area contributed by atoms with E-state index >= 15 is 0 Å². The third-order valence-corrected chi connectivity index (χ3v) is 7.04. The highest BCUT2D eigenvalue weighted by Gasteiger charge is 2.35. The summed E-state index contributed by atoms with van der Waals surface area (Å²) in [7, 11) is -2.53. The molecule has 1 fully saturated rings. The number of anilines is 1. The van der Waals surface area contributed by atoms with Crippen LogP contribution in [0.5, 0.6) is 5.75 Å². The predicted molar refractivity (Wildman–Crippen MR) is 109 cm³/mol. The number of ether oxygens (including phenoxy) is 1. The van der Waals surface area contributed by atoms with E-state index in [1.165, 1.54) is 29.6 Å². The molecule has 0 saturated carbocycles. The summed E-state index contributed by atoms with van der Waals surface area (Å²) in [5.74, 6) is -0.995. The Morgan fingerprint density at radius 3 is 2.61 bits per heavy atom. The number of hydrogen-bond acceptors (Lipinski definition) is 4. The van der Waals surface area contributed by atoms with Crippen LogP contribution in [0.15, 0.2) is 47.4 Å². The number of halogens is 3. The highest BCUT2D eigenvalue weighted by Crippen LogP contribution is 2.32. The summed E-state index contributed by atoms with van der Waals surface area (Å²) in [6.07, 6.45) is -3.64. The van der Waals surface area contributed by atoms with E-state index in [1.807, 2.05) is 0 Å². The van der Waals surface area contributed by atoms with E-state index in [2.05, 4.69) is 5.32 Å². The Balaban J connectivity index is 1.78. The van der Waals surface area contributed by atoms with Crippen LogP contribution in [-0.4, -0.2) is 38.8 Å². The first-order chi connectivity index (χ1) is 14.5. The number of aryl methyl sites for hydroxylation is 1. The minimum atomic E-state index is -4.52. The van der Waals surface area contributed by atoms with Gasteiger partial charge in [0, 0.05) is 18.8 Å². The molecule has 10 heteroatoms. The number of piperidine rings is 1. The lowest BCUT2D eigenvalue weighted by Crippen LogP contribution is -2.43. The van der Waals surface area contributed by atoms with Crippen LogP contribution in [0, 0.1) is 12.8 Å². The molecule has 168 valence electrons.